The first-order valence-corrected chi connectivity index (χ1v) is 6.59. The maximum atomic E-state index is 5.12. The number of rotatable bonds is 5. The van der Waals surface area contributed by atoms with Crippen LogP contribution in [0, 0.1) is 0 Å². The highest BCUT2D eigenvalue weighted by atomic mass is 16.5. The molecule has 0 atom stereocenters. The summed E-state index contributed by atoms with van der Waals surface area (Å²) in [6.45, 7) is 0. The fourth-order valence-electron chi connectivity index (χ4n) is 1.74. The number of ether oxygens (including phenoxy) is 1. The molecule has 2 aromatic carbocycles. The molecule has 0 aliphatic carbocycles. The predicted octanol–water partition coefficient (Wildman–Crippen LogP) is 4.98. The fourth-order valence-corrected chi connectivity index (χ4v) is 1.74. The summed E-state index contributed by atoms with van der Waals surface area (Å²) in [5.41, 5.74) is 2.36. The van der Waals surface area contributed by atoms with Crippen molar-refractivity contribution in [2.45, 2.75) is 0 Å². The lowest BCUT2D eigenvalue weighted by Crippen LogP contribution is -1.81. The zero-order chi connectivity index (χ0) is 14.0. The molecule has 1 nitrogen and oxygen atoms in total. The highest BCUT2D eigenvalue weighted by molar-refractivity contribution is 5.54. The van der Waals surface area contributed by atoms with Crippen LogP contribution in [0.15, 0.2) is 78.9 Å². The van der Waals surface area contributed by atoms with Crippen LogP contribution < -0.4 is 4.74 Å². The van der Waals surface area contributed by atoms with Crippen molar-refractivity contribution in [1.29, 1.82) is 0 Å². The molecule has 2 rings (SSSR count). The Morgan fingerprint density at radius 3 is 1.75 bits per heavy atom. The fraction of sp³-hybridized carbons (Fsp3) is 0.0526. The third kappa shape index (κ3) is 4.62. The van der Waals surface area contributed by atoms with Crippen LogP contribution in [0.5, 0.6) is 5.75 Å². The molecular formula is C19H18O. The SMILES string of the molecule is COc1ccc(\C=C/C=C/C=C\c2ccccc2)cc1. The molecule has 0 aromatic heterocycles. The second-order valence-electron chi connectivity index (χ2n) is 4.29. The summed E-state index contributed by atoms with van der Waals surface area (Å²) in [7, 11) is 1.67. The molecule has 0 spiro atoms. The average molecular weight is 262 g/mol. The summed E-state index contributed by atoms with van der Waals surface area (Å²) in [5.74, 6) is 0.878. The Kier molecular flexibility index (Phi) is 5.41. The minimum atomic E-state index is 0.878. The van der Waals surface area contributed by atoms with Crippen LogP contribution in [0.2, 0.25) is 0 Å². The second kappa shape index (κ2) is 7.80. The van der Waals surface area contributed by atoms with Crippen molar-refractivity contribution in [3.8, 4) is 5.75 Å². The van der Waals surface area contributed by atoms with Gasteiger partial charge in [0, 0.05) is 0 Å². The van der Waals surface area contributed by atoms with Crippen LogP contribution in [-0.4, -0.2) is 7.11 Å². The van der Waals surface area contributed by atoms with E-state index < -0.39 is 0 Å². The zero-order valence-corrected chi connectivity index (χ0v) is 11.6. The normalized spacial score (nSPS) is 11.7. The molecule has 0 unspecified atom stereocenters. The summed E-state index contributed by atoms with van der Waals surface area (Å²) >= 11 is 0. The first kappa shape index (κ1) is 13.9. The Balaban J connectivity index is 1.86. The van der Waals surface area contributed by atoms with Crippen LogP contribution in [0.3, 0.4) is 0 Å². The highest BCUT2D eigenvalue weighted by Gasteiger charge is 1.88. The van der Waals surface area contributed by atoms with Crippen molar-refractivity contribution < 1.29 is 4.74 Å². The maximum absolute atomic E-state index is 5.12. The van der Waals surface area contributed by atoms with E-state index in [1.165, 1.54) is 5.56 Å². The van der Waals surface area contributed by atoms with E-state index in [0.29, 0.717) is 0 Å². The van der Waals surface area contributed by atoms with Gasteiger partial charge >= 0.3 is 0 Å². The molecule has 0 aliphatic rings. The van der Waals surface area contributed by atoms with Crippen molar-refractivity contribution >= 4 is 12.2 Å². The highest BCUT2D eigenvalue weighted by Crippen LogP contribution is 2.12. The second-order valence-corrected chi connectivity index (χ2v) is 4.29. The van der Waals surface area contributed by atoms with Crippen LogP contribution in [-0.2, 0) is 0 Å². The zero-order valence-electron chi connectivity index (χ0n) is 11.6. The Hall–Kier alpha value is -2.54. The van der Waals surface area contributed by atoms with E-state index in [1.54, 1.807) is 7.11 Å². The predicted molar refractivity (Wildman–Crippen MR) is 86.6 cm³/mol. The van der Waals surface area contributed by atoms with Gasteiger partial charge in [0.25, 0.3) is 0 Å². The van der Waals surface area contributed by atoms with E-state index in [9.17, 15) is 0 Å². The first-order chi connectivity index (χ1) is 9.88. The molecule has 100 valence electrons. The lowest BCUT2D eigenvalue weighted by Gasteiger charge is -1.98. The summed E-state index contributed by atoms with van der Waals surface area (Å²) in [4.78, 5) is 0. The molecule has 1 heteroatoms. The number of hydrogen-bond donors (Lipinski definition) is 0. The third-order valence-electron chi connectivity index (χ3n) is 2.83. The summed E-state index contributed by atoms with van der Waals surface area (Å²) < 4.78 is 5.12. The molecule has 0 fully saturated rings. The van der Waals surface area contributed by atoms with E-state index in [4.69, 9.17) is 4.74 Å². The number of hydrogen-bond acceptors (Lipinski definition) is 1. The van der Waals surface area contributed by atoms with Gasteiger partial charge in [-0.1, -0.05) is 78.9 Å². The Morgan fingerprint density at radius 2 is 1.20 bits per heavy atom. The van der Waals surface area contributed by atoms with Gasteiger partial charge in [0.05, 0.1) is 7.11 Å². The molecule has 2 aromatic rings. The molecular weight excluding hydrogens is 244 g/mol. The van der Waals surface area contributed by atoms with Gasteiger partial charge < -0.3 is 4.74 Å². The summed E-state index contributed by atoms with van der Waals surface area (Å²) in [6, 6.07) is 18.2. The van der Waals surface area contributed by atoms with Gasteiger partial charge in [0.1, 0.15) is 5.75 Å². The Labute approximate surface area is 120 Å². The van der Waals surface area contributed by atoms with E-state index in [0.717, 1.165) is 11.3 Å². The lowest BCUT2D eigenvalue weighted by atomic mass is 10.2. The van der Waals surface area contributed by atoms with Gasteiger partial charge in [-0.05, 0) is 23.3 Å². The van der Waals surface area contributed by atoms with Crippen LogP contribution in [0.25, 0.3) is 12.2 Å². The molecule has 0 amide bonds. The molecule has 0 aliphatic heterocycles. The van der Waals surface area contributed by atoms with E-state index >= 15 is 0 Å². The van der Waals surface area contributed by atoms with Gasteiger partial charge in [-0.15, -0.1) is 0 Å². The van der Waals surface area contributed by atoms with Crippen LogP contribution in [0.4, 0.5) is 0 Å². The smallest absolute Gasteiger partial charge is 0.118 e. The Morgan fingerprint density at radius 1 is 0.650 bits per heavy atom. The van der Waals surface area contributed by atoms with Gasteiger partial charge in [-0.2, -0.15) is 0 Å². The molecule has 0 bridgehead atoms. The van der Waals surface area contributed by atoms with Crippen molar-refractivity contribution in [1.82, 2.24) is 0 Å². The van der Waals surface area contributed by atoms with Crippen LogP contribution >= 0.6 is 0 Å². The van der Waals surface area contributed by atoms with Crippen molar-refractivity contribution in [2.24, 2.45) is 0 Å². The van der Waals surface area contributed by atoms with Crippen molar-refractivity contribution in [3.05, 3.63) is 90.0 Å². The largest absolute Gasteiger partial charge is 0.497 e. The number of allylic oxidation sites excluding steroid dienone is 4. The molecule has 0 saturated carbocycles. The van der Waals surface area contributed by atoms with E-state index in [-0.39, 0.29) is 0 Å². The standard InChI is InChI=1S/C19H18O/c1-20-19-15-13-18(14-16-19)12-6-3-2-5-9-17-10-7-4-8-11-17/h2-16H,1H3/b3-2+,9-5-,12-6-. The maximum Gasteiger partial charge on any atom is 0.118 e. The topological polar surface area (TPSA) is 9.23 Å². The van der Waals surface area contributed by atoms with Crippen LogP contribution in [0.1, 0.15) is 11.1 Å². The van der Waals surface area contributed by atoms with Gasteiger partial charge in [-0.3, -0.25) is 0 Å². The van der Waals surface area contributed by atoms with Crippen molar-refractivity contribution in [2.75, 3.05) is 7.11 Å². The quantitative estimate of drug-likeness (QED) is 0.691. The van der Waals surface area contributed by atoms with Gasteiger partial charge in [-0.25, -0.2) is 0 Å². The minimum Gasteiger partial charge on any atom is -0.497 e. The first-order valence-electron chi connectivity index (χ1n) is 6.59. The molecule has 20 heavy (non-hydrogen) atoms. The van der Waals surface area contributed by atoms with Gasteiger partial charge in [0.2, 0.25) is 0 Å². The van der Waals surface area contributed by atoms with Gasteiger partial charge in [0.15, 0.2) is 0 Å². The monoisotopic (exact) mass is 262 g/mol. The molecule has 0 N–H and O–H groups in total. The molecule has 0 radical (unpaired) electrons. The third-order valence-corrected chi connectivity index (χ3v) is 2.83. The molecule has 0 heterocycles. The number of benzene rings is 2. The Bertz CT molecular complexity index is 589. The summed E-state index contributed by atoms with van der Waals surface area (Å²) in [5, 5.41) is 0. The van der Waals surface area contributed by atoms with E-state index in [2.05, 4.69) is 24.3 Å². The van der Waals surface area contributed by atoms with E-state index in [1.807, 2.05) is 66.8 Å². The van der Waals surface area contributed by atoms with Crippen molar-refractivity contribution in [3.63, 3.8) is 0 Å². The minimum absolute atomic E-state index is 0.878. The molecule has 0 saturated heterocycles. The number of methoxy groups -OCH3 is 1. The lowest BCUT2D eigenvalue weighted by molar-refractivity contribution is 0.415. The summed E-state index contributed by atoms with van der Waals surface area (Å²) in [6.07, 6.45) is 12.2. The average Bonchev–Trinajstić information content (AvgIpc) is 2.52.